The van der Waals surface area contributed by atoms with Crippen molar-refractivity contribution in [1.82, 2.24) is 15.3 Å². The predicted octanol–water partition coefficient (Wildman–Crippen LogP) is -0.755. The molecule has 1 aliphatic rings. The number of carbonyl (C=O) groups is 1. The minimum absolute atomic E-state index is 0.0116. The Balaban J connectivity index is 2.02. The fourth-order valence-corrected chi connectivity index (χ4v) is 1.86. The van der Waals surface area contributed by atoms with Gasteiger partial charge in [0.15, 0.2) is 11.8 Å². The van der Waals surface area contributed by atoms with E-state index in [0.29, 0.717) is 5.69 Å². The van der Waals surface area contributed by atoms with Crippen LogP contribution in [-0.2, 0) is 4.74 Å². The molecular weight excluding hydrogens is 238 g/mol. The summed E-state index contributed by atoms with van der Waals surface area (Å²) in [6.45, 7) is -0.0116. The molecular formula is C10H15N5O3. The SMILES string of the molecule is N=C(N)NC(=O)c1ncc(C2CCC(CO)O2)[nH]1. The Morgan fingerprint density at radius 3 is 3.11 bits per heavy atom. The van der Waals surface area contributed by atoms with Gasteiger partial charge in [0, 0.05) is 0 Å². The quantitative estimate of drug-likeness (QED) is 0.356. The van der Waals surface area contributed by atoms with Crippen LogP contribution in [-0.4, -0.2) is 39.7 Å². The number of guanidine groups is 1. The summed E-state index contributed by atoms with van der Waals surface area (Å²) < 4.78 is 5.55. The van der Waals surface area contributed by atoms with Gasteiger partial charge in [-0.3, -0.25) is 15.5 Å². The first-order chi connectivity index (χ1) is 8.60. The monoisotopic (exact) mass is 253 g/mol. The molecule has 0 aromatic carbocycles. The highest BCUT2D eigenvalue weighted by molar-refractivity contribution is 6.02. The van der Waals surface area contributed by atoms with E-state index in [1.807, 2.05) is 0 Å². The Hall–Kier alpha value is -1.93. The highest BCUT2D eigenvalue weighted by Crippen LogP contribution is 2.31. The van der Waals surface area contributed by atoms with Crippen LogP contribution >= 0.6 is 0 Å². The van der Waals surface area contributed by atoms with Gasteiger partial charge in [-0.05, 0) is 12.8 Å². The highest BCUT2D eigenvalue weighted by Gasteiger charge is 2.27. The van der Waals surface area contributed by atoms with Gasteiger partial charge in [0.1, 0.15) is 0 Å². The molecule has 2 rings (SSSR count). The molecule has 2 atom stereocenters. The van der Waals surface area contributed by atoms with Crippen LogP contribution in [0, 0.1) is 5.41 Å². The van der Waals surface area contributed by atoms with Crippen molar-refractivity contribution in [3.63, 3.8) is 0 Å². The molecule has 1 amide bonds. The van der Waals surface area contributed by atoms with E-state index in [-0.39, 0.29) is 24.6 Å². The molecule has 1 fully saturated rings. The standard InChI is InChI=1S/C10H15N5O3/c11-10(12)15-9(17)8-13-3-6(14-8)7-2-1-5(4-16)18-7/h3,5,7,16H,1-2,4H2,(H,13,14)(H4,11,12,15,17). The van der Waals surface area contributed by atoms with Crippen LogP contribution in [0.15, 0.2) is 6.20 Å². The van der Waals surface area contributed by atoms with Gasteiger partial charge in [-0.2, -0.15) is 0 Å². The molecule has 6 N–H and O–H groups in total. The van der Waals surface area contributed by atoms with Crippen LogP contribution in [0.5, 0.6) is 0 Å². The molecule has 0 aliphatic carbocycles. The number of hydrogen-bond donors (Lipinski definition) is 5. The van der Waals surface area contributed by atoms with Crippen molar-refractivity contribution in [2.24, 2.45) is 5.73 Å². The average Bonchev–Trinajstić information content (AvgIpc) is 2.96. The number of aromatic nitrogens is 2. The topological polar surface area (TPSA) is 137 Å². The van der Waals surface area contributed by atoms with Gasteiger partial charge >= 0.3 is 0 Å². The molecule has 8 heteroatoms. The van der Waals surface area contributed by atoms with Crippen molar-refractivity contribution in [3.05, 3.63) is 17.7 Å². The lowest BCUT2D eigenvalue weighted by molar-refractivity contribution is 0.00937. The molecule has 98 valence electrons. The third-order valence-electron chi connectivity index (χ3n) is 2.72. The van der Waals surface area contributed by atoms with Crippen molar-refractivity contribution >= 4 is 11.9 Å². The van der Waals surface area contributed by atoms with E-state index < -0.39 is 11.9 Å². The lowest BCUT2D eigenvalue weighted by Gasteiger charge is -2.09. The summed E-state index contributed by atoms with van der Waals surface area (Å²) in [5.41, 5.74) is 5.73. The zero-order valence-electron chi connectivity index (χ0n) is 9.64. The summed E-state index contributed by atoms with van der Waals surface area (Å²) >= 11 is 0. The molecule has 0 saturated carbocycles. The number of nitrogens with zero attached hydrogens (tertiary/aromatic N) is 1. The smallest absolute Gasteiger partial charge is 0.293 e. The Kier molecular flexibility index (Phi) is 3.58. The number of carbonyl (C=O) groups excluding carboxylic acids is 1. The van der Waals surface area contributed by atoms with Crippen molar-refractivity contribution in [3.8, 4) is 0 Å². The molecule has 8 nitrogen and oxygen atoms in total. The number of aliphatic hydroxyl groups is 1. The largest absolute Gasteiger partial charge is 0.394 e. The molecule has 1 aliphatic heterocycles. The van der Waals surface area contributed by atoms with Crippen molar-refractivity contribution in [2.45, 2.75) is 25.0 Å². The van der Waals surface area contributed by atoms with E-state index >= 15 is 0 Å². The number of H-pyrrole nitrogens is 1. The second-order valence-electron chi connectivity index (χ2n) is 4.06. The Morgan fingerprint density at radius 1 is 1.72 bits per heavy atom. The lowest BCUT2D eigenvalue weighted by atomic mass is 10.1. The molecule has 0 spiro atoms. The van der Waals surface area contributed by atoms with Gasteiger partial charge in [-0.25, -0.2) is 4.98 Å². The Morgan fingerprint density at radius 2 is 2.50 bits per heavy atom. The highest BCUT2D eigenvalue weighted by atomic mass is 16.5. The molecule has 0 radical (unpaired) electrons. The van der Waals surface area contributed by atoms with E-state index in [1.165, 1.54) is 6.20 Å². The summed E-state index contributed by atoms with van der Waals surface area (Å²) in [5.74, 6) is -0.919. The Bertz CT molecular complexity index is 458. The van der Waals surface area contributed by atoms with Crippen molar-refractivity contribution in [1.29, 1.82) is 5.41 Å². The van der Waals surface area contributed by atoms with Gasteiger partial charge in [-0.15, -0.1) is 0 Å². The number of hydrogen-bond acceptors (Lipinski definition) is 5. The van der Waals surface area contributed by atoms with Crippen LogP contribution in [0.1, 0.15) is 35.3 Å². The van der Waals surface area contributed by atoms with E-state index in [2.05, 4.69) is 15.3 Å². The molecule has 1 aromatic rings. The van der Waals surface area contributed by atoms with E-state index in [0.717, 1.165) is 12.8 Å². The molecule has 2 heterocycles. The number of aromatic amines is 1. The van der Waals surface area contributed by atoms with Crippen molar-refractivity contribution < 1.29 is 14.6 Å². The zero-order valence-corrected chi connectivity index (χ0v) is 9.64. The fraction of sp³-hybridized carbons (Fsp3) is 0.500. The summed E-state index contributed by atoms with van der Waals surface area (Å²) in [4.78, 5) is 18.2. The predicted molar refractivity (Wildman–Crippen MR) is 61.9 cm³/mol. The second kappa shape index (κ2) is 5.15. The zero-order chi connectivity index (χ0) is 13.1. The third kappa shape index (κ3) is 2.66. The summed E-state index contributed by atoms with van der Waals surface area (Å²) in [6.07, 6.45) is 2.71. The average molecular weight is 253 g/mol. The molecule has 2 unspecified atom stereocenters. The van der Waals surface area contributed by atoms with Crippen LogP contribution in [0.2, 0.25) is 0 Å². The molecule has 1 aromatic heterocycles. The maximum Gasteiger partial charge on any atom is 0.293 e. The van der Waals surface area contributed by atoms with Crippen LogP contribution in [0.4, 0.5) is 0 Å². The van der Waals surface area contributed by atoms with E-state index in [1.54, 1.807) is 0 Å². The third-order valence-corrected chi connectivity index (χ3v) is 2.72. The second-order valence-corrected chi connectivity index (χ2v) is 4.06. The fourth-order valence-electron chi connectivity index (χ4n) is 1.86. The summed E-state index contributed by atoms with van der Waals surface area (Å²) in [7, 11) is 0. The van der Waals surface area contributed by atoms with Gasteiger partial charge in [0.25, 0.3) is 5.91 Å². The number of nitrogens with two attached hydrogens (primary N) is 1. The van der Waals surface area contributed by atoms with Gasteiger partial charge in [-0.1, -0.05) is 0 Å². The number of aliphatic hydroxyl groups excluding tert-OH is 1. The molecule has 18 heavy (non-hydrogen) atoms. The van der Waals surface area contributed by atoms with Gasteiger partial charge in [0.05, 0.1) is 30.7 Å². The number of imidazole rings is 1. The van der Waals surface area contributed by atoms with E-state index in [4.69, 9.17) is 21.0 Å². The van der Waals surface area contributed by atoms with Crippen LogP contribution in [0.3, 0.4) is 0 Å². The van der Waals surface area contributed by atoms with Crippen LogP contribution in [0.25, 0.3) is 0 Å². The van der Waals surface area contributed by atoms with E-state index in [9.17, 15) is 4.79 Å². The first kappa shape index (κ1) is 12.5. The number of ether oxygens (including phenoxy) is 1. The lowest BCUT2D eigenvalue weighted by Crippen LogP contribution is -2.36. The minimum atomic E-state index is -0.564. The van der Waals surface area contributed by atoms with Gasteiger partial charge < -0.3 is 20.6 Å². The number of rotatable bonds is 3. The minimum Gasteiger partial charge on any atom is -0.394 e. The first-order valence-corrected chi connectivity index (χ1v) is 5.56. The maximum absolute atomic E-state index is 11.5. The first-order valence-electron chi connectivity index (χ1n) is 5.56. The number of amides is 1. The Labute approximate surface area is 103 Å². The maximum atomic E-state index is 11.5. The molecule has 0 bridgehead atoms. The van der Waals surface area contributed by atoms with Crippen molar-refractivity contribution in [2.75, 3.05) is 6.61 Å². The van der Waals surface area contributed by atoms with Gasteiger partial charge in [0.2, 0.25) is 0 Å². The molecule has 1 saturated heterocycles. The van der Waals surface area contributed by atoms with Crippen LogP contribution < -0.4 is 11.1 Å². The summed E-state index contributed by atoms with van der Waals surface area (Å²) in [6, 6.07) is 0. The summed E-state index contributed by atoms with van der Waals surface area (Å²) in [5, 5.41) is 18.1. The number of nitrogens with one attached hydrogen (secondary N) is 3. The normalized spacial score (nSPS) is 22.9.